The van der Waals surface area contributed by atoms with Gasteiger partial charge in [0.1, 0.15) is 17.4 Å². The van der Waals surface area contributed by atoms with Crippen molar-refractivity contribution in [2.75, 3.05) is 12.4 Å². The zero-order chi connectivity index (χ0) is 17.9. The lowest BCUT2D eigenvalue weighted by Gasteiger charge is -2.05. The Morgan fingerprint density at radius 2 is 2.04 bits per heavy atom. The number of nitrogens with zero attached hydrogens (tertiary/aromatic N) is 1. The van der Waals surface area contributed by atoms with E-state index in [0.29, 0.717) is 18.1 Å². The largest absolute Gasteiger partial charge is 0.453 e. The van der Waals surface area contributed by atoms with Crippen molar-refractivity contribution in [3.63, 3.8) is 0 Å². The van der Waals surface area contributed by atoms with Gasteiger partial charge in [-0.25, -0.2) is 4.98 Å². The summed E-state index contributed by atoms with van der Waals surface area (Å²) in [6.45, 7) is 0.334. The Bertz CT molecular complexity index is 1030. The van der Waals surface area contributed by atoms with E-state index in [-0.39, 0.29) is 11.7 Å². The van der Waals surface area contributed by atoms with E-state index in [1.165, 1.54) is 0 Å². The monoisotopic (exact) mass is 364 g/mol. The Balaban J connectivity index is 1.56. The van der Waals surface area contributed by atoms with Crippen molar-refractivity contribution in [3.8, 4) is 10.6 Å². The minimum Gasteiger partial charge on any atom is -0.453 e. The van der Waals surface area contributed by atoms with E-state index in [1.807, 2.05) is 42.5 Å². The Morgan fingerprint density at radius 3 is 2.88 bits per heavy atom. The zero-order valence-corrected chi connectivity index (χ0v) is 14.9. The van der Waals surface area contributed by atoms with E-state index >= 15 is 0 Å². The first kappa shape index (κ1) is 16.5. The molecule has 0 saturated heterocycles. The number of benzene rings is 2. The number of anilines is 1. The summed E-state index contributed by atoms with van der Waals surface area (Å²) in [6, 6.07) is 19.0. The van der Waals surface area contributed by atoms with Crippen LogP contribution in [0.2, 0.25) is 0 Å². The number of aromatic nitrogens is 1. The quantitative estimate of drug-likeness (QED) is 0.544. The second-order valence-electron chi connectivity index (χ2n) is 5.72. The number of thiazole rings is 1. The van der Waals surface area contributed by atoms with Gasteiger partial charge in [0.15, 0.2) is 5.76 Å². The highest BCUT2D eigenvalue weighted by atomic mass is 32.1. The molecular formula is C20H16N2O3S. The third-order valence-corrected chi connectivity index (χ3v) is 4.92. The van der Waals surface area contributed by atoms with Crippen LogP contribution in [0, 0.1) is 0 Å². The number of carbonyl (C=O) groups is 1. The molecule has 6 heteroatoms. The highest BCUT2D eigenvalue weighted by Crippen LogP contribution is 2.31. The summed E-state index contributed by atoms with van der Waals surface area (Å²) in [5, 5.41) is 3.78. The van der Waals surface area contributed by atoms with Gasteiger partial charge < -0.3 is 14.5 Å². The van der Waals surface area contributed by atoms with Crippen molar-refractivity contribution in [2.45, 2.75) is 6.61 Å². The number of para-hydroxylation sites is 1. The average Bonchev–Trinajstić information content (AvgIpc) is 3.29. The Morgan fingerprint density at radius 1 is 1.15 bits per heavy atom. The molecule has 0 bridgehead atoms. The van der Waals surface area contributed by atoms with E-state index in [2.05, 4.69) is 16.4 Å². The van der Waals surface area contributed by atoms with Crippen LogP contribution in [0.15, 0.2) is 65.1 Å². The van der Waals surface area contributed by atoms with E-state index in [1.54, 1.807) is 30.6 Å². The maximum atomic E-state index is 12.4. The van der Waals surface area contributed by atoms with Gasteiger partial charge in [-0.2, -0.15) is 0 Å². The summed E-state index contributed by atoms with van der Waals surface area (Å²) in [5.41, 5.74) is 2.63. The summed E-state index contributed by atoms with van der Waals surface area (Å²) in [4.78, 5) is 17.0. The topological polar surface area (TPSA) is 64.4 Å². The van der Waals surface area contributed by atoms with Crippen LogP contribution >= 0.6 is 11.3 Å². The molecular weight excluding hydrogens is 348 g/mol. The van der Waals surface area contributed by atoms with Gasteiger partial charge in [-0.05, 0) is 36.4 Å². The lowest BCUT2D eigenvalue weighted by atomic mass is 10.2. The molecule has 0 saturated carbocycles. The number of ether oxygens (including phenoxy) is 1. The number of nitrogens with one attached hydrogen (secondary N) is 1. The van der Waals surface area contributed by atoms with Crippen LogP contribution in [0.1, 0.15) is 16.3 Å². The highest BCUT2D eigenvalue weighted by Gasteiger charge is 2.12. The van der Waals surface area contributed by atoms with Crippen molar-refractivity contribution < 1.29 is 13.9 Å². The molecule has 4 aromatic rings. The van der Waals surface area contributed by atoms with Gasteiger partial charge in [0, 0.05) is 18.4 Å². The van der Waals surface area contributed by atoms with Gasteiger partial charge >= 0.3 is 0 Å². The number of hydrogen-bond donors (Lipinski definition) is 1. The van der Waals surface area contributed by atoms with Crippen molar-refractivity contribution in [1.29, 1.82) is 0 Å². The van der Waals surface area contributed by atoms with E-state index in [9.17, 15) is 4.79 Å². The molecule has 2 heterocycles. The smallest absolute Gasteiger partial charge is 0.291 e. The molecule has 0 unspecified atom stereocenters. The van der Waals surface area contributed by atoms with Gasteiger partial charge in [0.05, 0.1) is 10.2 Å². The molecule has 1 amide bonds. The molecule has 0 fully saturated rings. The standard InChI is InChI=1S/C20H16N2O3S/c1-24-12-15-9-10-17(25-15)19(23)21-14-6-4-5-13(11-14)20-22-16-7-2-3-8-18(16)26-20/h2-11H,12H2,1H3,(H,21,23). The summed E-state index contributed by atoms with van der Waals surface area (Å²) in [7, 11) is 1.58. The Kier molecular flexibility index (Phi) is 4.51. The van der Waals surface area contributed by atoms with Crippen molar-refractivity contribution in [2.24, 2.45) is 0 Å². The lowest BCUT2D eigenvalue weighted by Crippen LogP contribution is -2.10. The number of fused-ring (bicyclic) bond motifs is 1. The number of furan rings is 1. The fourth-order valence-corrected chi connectivity index (χ4v) is 3.60. The van der Waals surface area contributed by atoms with Crippen LogP contribution in [-0.2, 0) is 11.3 Å². The summed E-state index contributed by atoms with van der Waals surface area (Å²) in [6.07, 6.45) is 0. The molecule has 0 aliphatic carbocycles. The van der Waals surface area contributed by atoms with Gasteiger partial charge in [-0.3, -0.25) is 4.79 Å². The molecule has 26 heavy (non-hydrogen) atoms. The molecule has 0 aliphatic heterocycles. The van der Waals surface area contributed by atoms with Crippen LogP contribution in [-0.4, -0.2) is 18.0 Å². The van der Waals surface area contributed by atoms with Gasteiger partial charge in [-0.1, -0.05) is 24.3 Å². The molecule has 5 nitrogen and oxygen atoms in total. The third-order valence-electron chi connectivity index (χ3n) is 3.83. The minimum absolute atomic E-state index is 0.252. The number of hydrogen-bond acceptors (Lipinski definition) is 5. The molecule has 0 radical (unpaired) electrons. The number of amides is 1. The van der Waals surface area contributed by atoms with Crippen LogP contribution in [0.3, 0.4) is 0 Å². The Hall–Kier alpha value is -2.96. The lowest BCUT2D eigenvalue weighted by molar-refractivity contribution is 0.0987. The van der Waals surface area contributed by atoms with Crippen molar-refractivity contribution >= 4 is 33.1 Å². The second kappa shape index (κ2) is 7.11. The molecule has 0 aliphatic rings. The van der Waals surface area contributed by atoms with E-state index in [4.69, 9.17) is 9.15 Å². The number of carbonyl (C=O) groups excluding carboxylic acids is 1. The van der Waals surface area contributed by atoms with Crippen molar-refractivity contribution in [1.82, 2.24) is 4.98 Å². The summed E-state index contributed by atoms with van der Waals surface area (Å²) >= 11 is 1.63. The summed E-state index contributed by atoms with van der Waals surface area (Å²) < 4.78 is 11.6. The summed E-state index contributed by atoms with van der Waals surface area (Å²) in [5.74, 6) is 0.567. The molecule has 2 aromatic heterocycles. The second-order valence-corrected chi connectivity index (χ2v) is 6.75. The fraction of sp³-hybridized carbons (Fsp3) is 0.100. The molecule has 2 aromatic carbocycles. The number of rotatable bonds is 5. The first-order valence-corrected chi connectivity index (χ1v) is 8.89. The first-order chi connectivity index (χ1) is 12.7. The maximum absolute atomic E-state index is 12.4. The van der Waals surface area contributed by atoms with Crippen LogP contribution in [0.4, 0.5) is 5.69 Å². The minimum atomic E-state index is -0.297. The average molecular weight is 364 g/mol. The molecule has 130 valence electrons. The van der Waals surface area contributed by atoms with Gasteiger partial charge in [0.2, 0.25) is 0 Å². The number of methoxy groups -OCH3 is 1. The highest BCUT2D eigenvalue weighted by molar-refractivity contribution is 7.21. The fourth-order valence-electron chi connectivity index (χ4n) is 2.64. The van der Waals surface area contributed by atoms with Gasteiger partial charge in [-0.15, -0.1) is 11.3 Å². The predicted octanol–water partition coefficient (Wildman–Crippen LogP) is 4.96. The Labute approximate surface area is 154 Å². The zero-order valence-electron chi connectivity index (χ0n) is 14.1. The predicted molar refractivity (Wildman–Crippen MR) is 102 cm³/mol. The SMILES string of the molecule is COCc1ccc(C(=O)Nc2cccc(-c3nc4ccccc4s3)c2)o1. The molecule has 0 spiro atoms. The normalized spacial score (nSPS) is 11.0. The third kappa shape index (κ3) is 3.37. The van der Waals surface area contributed by atoms with E-state index in [0.717, 1.165) is 20.8 Å². The van der Waals surface area contributed by atoms with Crippen LogP contribution in [0.25, 0.3) is 20.8 Å². The molecule has 4 rings (SSSR count). The maximum Gasteiger partial charge on any atom is 0.291 e. The van der Waals surface area contributed by atoms with Gasteiger partial charge in [0.25, 0.3) is 5.91 Å². The molecule has 1 N–H and O–H groups in total. The van der Waals surface area contributed by atoms with E-state index < -0.39 is 0 Å². The van der Waals surface area contributed by atoms with Crippen molar-refractivity contribution in [3.05, 3.63) is 72.2 Å². The van der Waals surface area contributed by atoms with Crippen LogP contribution in [0.5, 0.6) is 0 Å². The van der Waals surface area contributed by atoms with Crippen LogP contribution < -0.4 is 5.32 Å². The molecule has 0 atom stereocenters. The first-order valence-electron chi connectivity index (χ1n) is 8.08.